The fraction of sp³-hybridized carbons (Fsp3) is 0.235. The van der Waals surface area contributed by atoms with Crippen molar-refractivity contribution in [1.82, 2.24) is 20.3 Å². The van der Waals surface area contributed by atoms with Crippen LogP contribution in [0.15, 0.2) is 46.4 Å². The first kappa shape index (κ1) is 19.2. The number of likely N-dealkylation sites (N-methyl/N-ethyl adjacent to an activating group) is 1. The molecular weight excluding hydrogens is 386 g/mol. The van der Waals surface area contributed by atoms with Gasteiger partial charge in [-0.1, -0.05) is 12.1 Å². The third kappa shape index (κ3) is 3.92. The van der Waals surface area contributed by atoms with Crippen molar-refractivity contribution in [3.8, 4) is 10.6 Å². The molecule has 0 radical (unpaired) electrons. The van der Waals surface area contributed by atoms with Crippen LogP contribution in [-0.4, -0.2) is 57.4 Å². The van der Waals surface area contributed by atoms with Crippen LogP contribution >= 0.6 is 11.3 Å². The van der Waals surface area contributed by atoms with Crippen LogP contribution in [-0.2, 0) is 15.6 Å². The van der Waals surface area contributed by atoms with Crippen molar-refractivity contribution in [3.63, 3.8) is 0 Å². The summed E-state index contributed by atoms with van der Waals surface area (Å²) in [6.45, 7) is 0. The third-order valence-electron chi connectivity index (χ3n) is 4.17. The van der Waals surface area contributed by atoms with Crippen molar-refractivity contribution in [2.75, 3.05) is 20.4 Å². The molecule has 2 heterocycles. The number of benzene rings is 1. The lowest BCUT2D eigenvalue weighted by molar-refractivity contribution is -0.124. The maximum Gasteiger partial charge on any atom is 0.275 e. The normalized spacial score (nSPS) is 18.3. The third-order valence-corrected chi connectivity index (χ3v) is 5.98. The zero-order valence-corrected chi connectivity index (χ0v) is 16.6. The predicted octanol–water partition coefficient (Wildman–Crippen LogP) is 0.765. The maximum atomic E-state index is 12.6. The molecule has 0 aliphatic carbocycles. The number of primary amides is 1. The molecule has 0 fully saturated rings. The first-order valence-electron chi connectivity index (χ1n) is 7.95. The molecule has 0 saturated carbocycles. The molecule has 10 heteroatoms. The molecule has 0 spiro atoms. The largest absolute Gasteiger partial charge is 0.368 e. The van der Waals surface area contributed by atoms with E-state index in [2.05, 4.69) is 10.3 Å². The highest BCUT2D eigenvalue weighted by atomic mass is 32.2. The number of hydrogen-bond acceptors (Lipinski definition) is 7. The molecule has 8 nitrogen and oxygen atoms in total. The van der Waals surface area contributed by atoms with E-state index in [-0.39, 0.29) is 5.69 Å². The number of nitrogens with one attached hydrogen (secondary N) is 1. The first-order valence-corrected chi connectivity index (χ1v) is 10.4. The van der Waals surface area contributed by atoms with Gasteiger partial charge in [-0.05, 0) is 12.1 Å². The van der Waals surface area contributed by atoms with E-state index in [0.29, 0.717) is 15.6 Å². The molecule has 1 aromatic heterocycles. The van der Waals surface area contributed by atoms with E-state index in [9.17, 15) is 13.8 Å². The molecular formula is C17H19N5O3S2. The maximum absolute atomic E-state index is 12.6. The molecule has 27 heavy (non-hydrogen) atoms. The van der Waals surface area contributed by atoms with E-state index in [1.165, 1.54) is 11.3 Å². The lowest BCUT2D eigenvalue weighted by atomic mass is 10.2. The zero-order chi connectivity index (χ0) is 19.7. The van der Waals surface area contributed by atoms with Crippen LogP contribution in [0.3, 0.4) is 0 Å². The van der Waals surface area contributed by atoms with Crippen LogP contribution in [0.5, 0.6) is 0 Å². The number of hydrazine groups is 1. The van der Waals surface area contributed by atoms with Gasteiger partial charge in [-0.2, -0.15) is 0 Å². The minimum absolute atomic E-state index is 0.236. The van der Waals surface area contributed by atoms with Crippen LogP contribution in [0.2, 0.25) is 0 Å². The number of thiazole rings is 1. The summed E-state index contributed by atoms with van der Waals surface area (Å²) >= 11 is 1.31. The minimum atomic E-state index is -1.10. The van der Waals surface area contributed by atoms with Gasteiger partial charge in [-0.3, -0.25) is 13.8 Å². The molecule has 2 aromatic rings. The van der Waals surface area contributed by atoms with Gasteiger partial charge in [0, 0.05) is 53.2 Å². The molecule has 2 atom stereocenters. The monoisotopic (exact) mass is 405 g/mol. The molecule has 1 aromatic carbocycles. The second-order valence-corrected chi connectivity index (χ2v) is 8.25. The number of rotatable bonds is 5. The van der Waals surface area contributed by atoms with Gasteiger partial charge in [0.05, 0.1) is 5.70 Å². The average molecular weight is 406 g/mol. The van der Waals surface area contributed by atoms with E-state index in [1.807, 2.05) is 6.07 Å². The van der Waals surface area contributed by atoms with E-state index < -0.39 is 28.7 Å². The summed E-state index contributed by atoms with van der Waals surface area (Å²) in [6, 6.07) is 6.49. The van der Waals surface area contributed by atoms with Crippen molar-refractivity contribution < 1.29 is 13.8 Å². The summed E-state index contributed by atoms with van der Waals surface area (Å²) in [5, 5.41) is 8.30. The molecule has 3 rings (SSSR count). The van der Waals surface area contributed by atoms with Crippen molar-refractivity contribution >= 4 is 34.0 Å². The Balaban J connectivity index is 1.80. The SMILES string of the molecule is CN1C=C(NC(=O)c2csc(-c3cccc(S(C)=O)c3)n2)C(C(N)=O)N1C. The van der Waals surface area contributed by atoms with Gasteiger partial charge >= 0.3 is 0 Å². The second-order valence-electron chi connectivity index (χ2n) is 6.01. The fourth-order valence-electron chi connectivity index (χ4n) is 2.70. The van der Waals surface area contributed by atoms with Crippen LogP contribution in [0.25, 0.3) is 10.6 Å². The summed E-state index contributed by atoms with van der Waals surface area (Å²) in [5.41, 5.74) is 6.86. The Morgan fingerprint density at radius 3 is 2.74 bits per heavy atom. The van der Waals surface area contributed by atoms with Crippen LogP contribution in [0.1, 0.15) is 10.5 Å². The van der Waals surface area contributed by atoms with Gasteiger partial charge in [0.15, 0.2) is 0 Å². The van der Waals surface area contributed by atoms with Crippen molar-refractivity contribution in [3.05, 3.63) is 47.2 Å². The summed E-state index contributed by atoms with van der Waals surface area (Å²) in [7, 11) is 2.36. The fourth-order valence-corrected chi connectivity index (χ4v) is 4.06. The molecule has 0 bridgehead atoms. The first-order chi connectivity index (χ1) is 12.8. The quantitative estimate of drug-likeness (QED) is 0.760. The number of aromatic nitrogens is 1. The molecule has 0 saturated heterocycles. The van der Waals surface area contributed by atoms with Gasteiger partial charge in [0.25, 0.3) is 5.91 Å². The predicted molar refractivity (Wildman–Crippen MR) is 104 cm³/mol. The summed E-state index contributed by atoms with van der Waals surface area (Å²) < 4.78 is 11.7. The standard InChI is InChI=1S/C17H19N5O3S2/c1-21-8-12(14(15(18)23)22(21)2)19-16(24)13-9-26-17(20-13)10-5-4-6-11(7-10)27(3)25/h4-9,14H,1-3H3,(H2,18,23)(H,19,24). The topological polar surface area (TPSA) is 109 Å². The van der Waals surface area contributed by atoms with E-state index >= 15 is 0 Å². The highest BCUT2D eigenvalue weighted by Gasteiger charge is 2.34. The van der Waals surface area contributed by atoms with Crippen LogP contribution < -0.4 is 11.1 Å². The summed E-state index contributed by atoms with van der Waals surface area (Å²) in [5.74, 6) is -0.981. The number of nitrogens with two attached hydrogens (primary N) is 1. The molecule has 1 aliphatic heterocycles. The molecule has 3 N–H and O–H groups in total. The van der Waals surface area contributed by atoms with E-state index in [4.69, 9.17) is 5.73 Å². The minimum Gasteiger partial charge on any atom is -0.368 e. The second kappa shape index (κ2) is 7.59. The Morgan fingerprint density at radius 2 is 2.07 bits per heavy atom. The number of nitrogens with zero attached hydrogens (tertiary/aromatic N) is 3. The van der Waals surface area contributed by atoms with Crippen LogP contribution in [0, 0.1) is 0 Å². The average Bonchev–Trinajstić information content (AvgIpc) is 3.21. The van der Waals surface area contributed by atoms with Gasteiger partial charge in [-0.25, -0.2) is 9.99 Å². The lowest BCUT2D eigenvalue weighted by Crippen LogP contribution is -2.47. The summed E-state index contributed by atoms with van der Waals surface area (Å²) in [6.07, 6.45) is 3.25. The van der Waals surface area contributed by atoms with Crippen molar-refractivity contribution in [2.24, 2.45) is 5.73 Å². The van der Waals surface area contributed by atoms with Gasteiger partial charge in [0.1, 0.15) is 16.7 Å². The lowest BCUT2D eigenvalue weighted by Gasteiger charge is -2.25. The molecule has 2 unspecified atom stereocenters. The van der Waals surface area contributed by atoms with E-state index in [0.717, 1.165) is 5.56 Å². The Hall–Kier alpha value is -2.56. The van der Waals surface area contributed by atoms with Gasteiger partial charge in [0.2, 0.25) is 5.91 Å². The Bertz CT molecular complexity index is 956. The number of amides is 2. The van der Waals surface area contributed by atoms with Crippen molar-refractivity contribution in [1.29, 1.82) is 0 Å². The van der Waals surface area contributed by atoms with E-state index in [1.54, 1.807) is 60.1 Å². The summed E-state index contributed by atoms with van der Waals surface area (Å²) in [4.78, 5) is 29.3. The number of hydrogen-bond donors (Lipinski definition) is 2. The number of carbonyl (C=O) groups is 2. The molecule has 142 valence electrons. The van der Waals surface area contributed by atoms with Crippen molar-refractivity contribution in [2.45, 2.75) is 10.9 Å². The Kier molecular flexibility index (Phi) is 5.40. The zero-order valence-electron chi connectivity index (χ0n) is 15.0. The number of carbonyl (C=O) groups excluding carboxylic acids is 2. The molecule has 1 aliphatic rings. The highest BCUT2D eigenvalue weighted by molar-refractivity contribution is 7.84. The van der Waals surface area contributed by atoms with Gasteiger partial charge in [-0.15, -0.1) is 11.3 Å². The highest BCUT2D eigenvalue weighted by Crippen LogP contribution is 2.26. The van der Waals surface area contributed by atoms with Gasteiger partial charge < -0.3 is 16.1 Å². The Morgan fingerprint density at radius 1 is 1.33 bits per heavy atom. The molecule has 2 amide bonds. The smallest absolute Gasteiger partial charge is 0.275 e. The van der Waals surface area contributed by atoms with Crippen LogP contribution in [0.4, 0.5) is 0 Å². The Labute approximate surface area is 163 Å².